The first-order valence-electron chi connectivity index (χ1n) is 15.6. The van der Waals surface area contributed by atoms with Gasteiger partial charge in [0, 0.05) is 13.0 Å². The number of hydrogen-bond acceptors (Lipinski definition) is 4. The van der Waals surface area contributed by atoms with Gasteiger partial charge in [-0.05, 0) is 130 Å². The highest BCUT2D eigenvalue weighted by Gasteiger charge is 2.65. The van der Waals surface area contributed by atoms with E-state index in [4.69, 9.17) is 0 Å². The molecule has 37 heavy (non-hydrogen) atoms. The van der Waals surface area contributed by atoms with Crippen molar-refractivity contribution in [3.63, 3.8) is 0 Å². The first kappa shape index (κ1) is 27.6. The largest absolute Gasteiger partial charge is 0.393 e. The first-order valence-corrected chi connectivity index (χ1v) is 15.6. The van der Waals surface area contributed by atoms with Crippen LogP contribution in [0, 0.1) is 46.3 Å². The Labute approximate surface area is 224 Å². The highest BCUT2D eigenvalue weighted by molar-refractivity contribution is 5.75. The number of hydrogen-bond donors (Lipinski definition) is 4. The minimum Gasteiger partial charge on any atom is -0.393 e. The standard InChI is InChI=1S/C32H53NO4/c1-20(9-12-29(37)33-16-14-21-7-5-4-6-8-21)24-10-11-25-30-26(19-28(36)32(24,25)3)31(2)15-13-23(34)17-22(31)18-27(30)35/h7,20,22-28,30,34-36H,4-6,8-19H2,1-3H3,(H,33,37)/t20-,22?,23-,24-,25?,26?,27-,28+,30?,31+,32-/m1/s1. The molecule has 5 aliphatic rings. The van der Waals surface area contributed by atoms with Crippen molar-refractivity contribution in [3.8, 4) is 0 Å². The van der Waals surface area contributed by atoms with Gasteiger partial charge >= 0.3 is 0 Å². The summed E-state index contributed by atoms with van der Waals surface area (Å²) >= 11 is 0. The van der Waals surface area contributed by atoms with Crippen LogP contribution < -0.4 is 5.32 Å². The van der Waals surface area contributed by atoms with Crippen LogP contribution in [0.15, 0.2) is 11.6 Å². The summed E-state index contributed by atoms with van der Waals surface area (Å²) < 4.78 is 0. The van der Waals surface area contributed by atoms with Crippen molar-refractivity contribution in [2.45, 2.75) is 129 Å². The predicted octanol–water partition coefficient (Wildman–Crippen LogP) is 5.37. The lowest BCUT2D eigenvalue weighted by Gasteiger charge is -2.63. The van der Waals surface area contributed by atoms with E-state index in [0.717, 1.165) is 64.3 Å². The Kier molecular flexibility index (Phi) is 8.17. The molecule has 5 rings (SSSR count). The molecule has 0 aliphatic heterocycles. The number of amides is 1. The fourth-order valence-corrected chi connectivity index (χ4v) is 10.3. The van der Waals surface area contributed by atoms with Crippen LogP contribution in [0.2, 0.25) is 0 Å². The lowest BCUT2D eigenvalue weighted by atomic mass is 9.43. The van der Waals surface area contributed by atoms with Crippen molar-refractivity contribution in [2.24, 2.45) is 46.3 Å². The molecule has 0 aromatic rings. The average molecular weight is 516 g/mol. The van der Waals surface area contributed by atoms with Crippen LogP contribution in [0.4, 0.5) is 0 Å². The molecule has 5 aliphatic carbocycles. The molecule has 0 bridgehead atoms. The van der Waals surface area contributed by atoms with Gasteiger partial charge in [0.2, 0.25) is 5.91 Å². The van der Waals surface area contributed by atoms with Crippen molar-refractivity contribution in [1.82, 2.24) is 5.32 Å². The number of aliphatic hydroxyl groups excluding tert-OH is 3. The van der Waals surface area contributed by atoms with Crippen LogP contribution in [0.5, 0.6) is 0 Å². The molecule has 4 saturated carbocycles. The summed E-state index contributed by atoms with van der Waals surface area (Å²) in [5, 5.41) is 36.7. The van der Waals surface area contributed by atoms with E-state index in [-0.39, 0.29) is 41.0 Å². The molecule has 210 valence electrons. The summed E-state index contributed by atoms with van der Waals surface area (Å²) in [6, 6.07) is 0. The van der Waals surface area contributed by atoms with Gasteiger partial charge in [-0.2, -0.15) is 0 Å². The van der Waals surface area contributed by atoms with E-state index >= 15 is 0 Å². The van der Waals surface area contributed by atoms with E-state index in [1.54, 1.807) is 0 Å². The number of aliphatic hydroxyl groups is 3. The number of fused-ring (bicyclic) bond motifs is 5. The average Bonchev–Trinajstić information content (AvgIpc) is 3.23. The normalized spacial score (nSPS) is 46.3. The summed E-state index contributed by atoms with van der Waals surface area (Å²) in [6.07, 6.45) is 15.2. The third-order valence-electron chi connectivity index (χ3n) is 12.5. The summed E-state index contributed by atoms with van der Waals surface area (Å²) in [4.78, 5) is 12.6. The predicted molar refractivity (Wildman–Crippen MR) is 147 cm³/mol. The molecule has 1 amide bonds. The molecule has 0 heterocycles. The number of carbonyl (C=O) groups excluding carboxylic acids is 1. The molecule has 0 aromatic heterocycles. The first-order chi connectivity index (χ1) is 17.6. The fraction of sp³-hybridized carbons (Fsp3) is 0.906. The zero-order valence-corrected chi connectivity index (χ0v) is 23.6. The minimum atomic E-state index is -0.360. The summed E-state index contributed by atoms with van der Waals surface area (Å²) in [7, 11) is 0. The monoisotopic (exact) mass is 515 g/mol. The van der Waals surface area contributed by atoms with Crippen molar-refractivity contribution >= 4 is 5.91 Å². The maximum Gasteiger partial charge on any atom is 0.220 e. The fourth-order valence-electron chi connectivity index (χ4n) is 10.3. The molecule has 11 atom stereocenters. The van der Waals surface area contributed by atoms with Crippen LogP contribution in [-0.4, -0.2) is 46.1 Å². The molecule has 5 nitrogen and oxygen atoms in total. The Hall–Kier alpha value is -0.910. The molecule has 4 unspecified atom stereocenters. The molecular formula is C32H53NO4. The molecule has 5 heteroatoms. The summed E-state index contributed by atoms with van der Waals surface area (Å²) in [5.41, 5.74) is 1.42. The molecule has 4 fully saturated rings. The Morgan fingerprint density at radius 1 is 1.08 bits per heavy atom. The van der Waals surface area contributed by atoms with Crippen LogP contribution in [0.25, 0.3) is 0 Å². The van der Waals surface area contributed by atoms with Crippen LogP contribution >= 0.6 is 0 Å². The van der Waals surface area contributed by atoms with Crippen molar-refractivity contribution in [2.75, 3.05) is 6.54 Å². The van der Waals surface area contributed by atoms with Crippen LogP contribution in [-0.2, 0) is 4.79 Å². The number of rotatable bonds is 7. The van der Waals surface area contributed by atoms with Crippen molar-refractivity contribution in [3.05, 3.63) is 11.6 Å². The maximum atomic E-state index is 12.6. The van der Waals surface area contributed by atoms with E-state index in [1.807, 2.05) is 0 Å². The van der Waals surface area contributed by atoms with Gasteiger partial charge in [-0.1, -0.05) is 32.4 Å². The zero-order valence-electron chi connectivity index (χ0n) is 23.6. The van der Waals surface area contributed by atoms with E-state index in [0.29, 0.717) is 36.0 Å². The summed E-state index contributed by atoms with van der Waals surface area (Å²) in [6.45, 7) is 7.73. The van der Waals surface area contributed by atoms with E-state index in [9.17, 15) is 20.1 Å². The highest BCUT2D eigenvalue weighted by atomic mass is 16.3. The Balaban J connectivity index is 1.20. The smallest absolute Gasteiger partial charge is 0.220 e. The number of nitrogens with one attached hydrogen (secondary N) is 1. The molecule has 4 N–H and O–H groups in total. The summed E-state index contributed by atoms with van der Waals surface area (Å²) in [5.74, 6) is 2.20. The van der Waals surface area contributed by atoms with Gasteiger partial charge in [-0.15, -0.1) is 0 Å². The van der Waals surface area contributed by atoms with Crippen molar-refractivity contribution < 1.29 is 20.1 Å². The molecule has 0 radical (unpaired) electrons. The quantitative estimate of drug-likeness (QED) is 0.343. The van der Waals surface area contributed by atoms with E-state index < -0.39 is 0 Å². The van der Waals surface area contributed by atoms with Gasteiger partial charge in [0.15, 0.2) is 0 Å². The Morgan fingerprint density at radius 2 is 1.89 bits per heavy atom. The SMILES string of the molecule is C[C@H](CCC(=O)NCCC1=CCCCC1)[C@H]1CCC2C3C(C[C@H](O)[C@@]21C)[C@@]1(C)CC[C@@H](O)CC1C[C@H]3O. The van der Waals surface area contributed by atoms with Gasteiger partial charge in [0.05, 0.1) is 18.3 Å². The topological polar surface area (TPSA) is 89.8 Å². The van der Waals surface area contributed by atoms with Gasteiger partial charge in [-0.25, -0.2) is 0 Å². The lowest BCUT2D eigenvalue weighted by Crippen LogP contribution is -2.62. The van der Waals surface area contributed by atoms with Gasteiger partial charge in [0.25, 0.3) is 0 Å². The second kappa shape index (κ2) is 10.9. The second-order valence-electron chi connectivity index (χ2n) is 14.2. The van der Waals surface area contributed by atoms with E-state index in [1.165, 1.54) is 31.3 Å². The zero-order chi connectivity index (χ0) is 26.4. The van der Waals surface area contributed by atoms with E-state index in [2.05, 4.69) is 32.2 Å². The number of allylic oxidation sites excluding steroid dienone is 1. The maximum absolute atomic E-state index is 12.6. The lowest BCUT2D eigenvalue weighted by molar-refractivity contribution is -0.207. The molecule has 0 aromatic carbocycles. The molecule has 0 saturated heterocycles. The third-order valence-corrected chi connectivity index (χ3v) is 12.5. The van der Waals surface area contributed by atoms with Crippen molar-refractivity contribution in [1.29, 1.82) is 0 Å². The number of carbonyl (C=O) groups is 1. The van der Waals surface area contributed by atoms with Crippen LogP contribution in [0.3, 0.4) is 0 Å². The Bertz CT molecular complexity index is 858. The molecule has 0 spiro atoms. The second-order valence-corrected chi connectivity index (χ2v) is 14.2. The molecular weight excluding hydrogens is 462 g/mol. The van der Waals surface area contributed by atoms with Gasteiger partial charge in [-0.3, -0.25) is 4.79 Å². The van der Waals surface area contributed by atoms with Gasteiger partial charge < -0.3 is 20.6 Å². The van der Waals surface area contributed by atoms with Crippen LogP contribution in [0.1, 0.15) is 111 Å². The Morgan fingerprint density at radius 3 is 2.65 bits per heavy atom. The minimum absolute atomic E-state index is 0.112. The highest BCUT2D eigenvalue weighted by Crippen LogP contribution is 2.68. The third kappa shape index (κ3) is 5.07. The van der Waals surface area contributed by atoms with Gasteiger partial charge in [0.1, 0.15) is 0 Å².